The highest BCUT2D eigenvalue weighted by atomic mass is 19.1. The summed E-state index contributed by atoms with van der Waals surface area (Å²) in [5, 5.41) is 17.3. The Morgan fingerprint density at radius 1 is 1.20 bits per heavy atom. The largest absolute Gasteiger partial charge is 0.394 e. The van der Waals surface area contributed by atoms with Crippen LogP contribution in [0.15, 0.2) is 24.3 Å². The number of anilines is 1. The fourth-order valence-corrected chi connectivity index (χ4v) is 3.54. The first-order valence-corrected chi connectivity index (χ1v) is 8.96. The molecule has 1 fully saturated rings. The Hall–Kier alpha value is -1.92. The van der Waals surface area contributed by atoms with Gasteiger partial charge in [0, 0.05) is 42.6 Å². The summed E-state index contributed by atoms with van der Waals surface area (Å²) in [6, 6.07) is 7.23. The molecule has 0 amide bonds. The van der Waals surface area contributed by atoms with E-state index in [1.54, 1.807) is 0 Å². The van der Waals surface area contributed by atoms with Crippen LogP contribution in [0.1, 0.15) is 29.8 Å². The van der Waals surface area contributed by atoms with Crippen molar-refractivity contribution in [2.45, 2.75) is 45.8 Å². The molecule has 2 heterocycles. The minimum Gasteiger partial charge on any atom is -0.394 e. The normalized spacial score (nSPS) is 15.8. The Labute approximate surface area is 148 Å². The van der Waals surface area contributed by atoms with Gasteiger partial charge in [0.15, 0.2) is 0 Å². The molecule has 0 spiro atoms. The third kappa shape index (κ3) is 4.19. The second kappa shape index (κ2) is 7.97. The molecule has 0 atom stereocenters. The summed E-state index contributed by atoms with van der Waals surface area (Å²) >= 11 is 0. The molecule has 3 rings (SSSR count). The van der Waals surface area contributed by atoms with Gasteiger partial charge in [0.1, 0.15) is 5.82 Å². The number of piperidine rings is 1. The number of halogens is 1. The number of nitrogens with one attached hydrogen (secondary N) is 1. The van der Waals surface area contributed by atoms with Gasteiger partial charge in [0.25, 0.3) is 0 Å². The predicted octanol–water partition coefficient (Wildman–Crippen LogP) is 2.39. The van der Waals surface area contributed by atoms with Crippen molar-refractivity contribution in [3.63, 3.8) is 0 Å². The lowest BCUT2D eigenvalue weighted by Gasteiger charge is -2.34. The zero-order valence-electron chi connectivity index (χ0n) is 15.0. The number of nitrogens with zero attached hydrogens (tertiary/aromatic N) is 3. The molecule has 1 saturated heterocycles. The molecule has 0 radical (unpaired) electrons. The molecule has 0 unspecified atom stereocenters. The molecular weight excluding hydrogens is 319 g/mol. The van der Waals surface area contributed by atoms with Gasteiger partial charge in [-0.25, -0.2) is 4.39 Å². The number of rotatable bonds is 6. The second-order valence-electron chi connectivity index (χ2n) is 6.71. The van der Waals surface area contributed by atoms with Crippen LogP contribution in [0.5, 0.6) is 0 Å². The van der Waals surface area contributed by atoms with Gasteiger partial charge < -0.3 is 15.3 Å². The average molecular weight is 346 g/mol. The third-order valence-corrected chi connectivity index (χ3v) is 5.10. The van der Waals surface area contributed by atoms with Gasteiger partial charge in [-0.05, 0) is 51.0 Å². The van der Waals surface area contributed by atoms with E-state index in [1.807, 2.05) is 23.7 Å². The number of aliphatic hydroxyl groups excluding tert-OH is 1. The molecule has 5 nitrogen and oxygen atoms in total. The van der Waals surface area contributed by atoms with E-state index in [2.05, 4.69) is 22.2 Å². The van der Waals surface area contributed by atoms with Crippen LogP contribution < -0.4 is 10.2 Å². The molecule has 6 heteroatoms. The predicted molar refractivity (Wildman–Crippen MR) is 97.3 cm³/mol. The lowest BCUT2D eigenvalue weighted by atomic mass is 10.0. The Morgan fingerprint density at radius 3 is 2.52 bits per heavy atom. The Bertz CT molecular complexity index is 690. The maximum atomic E-state index is 13.0. The van der Waals surface area contributed by atoms with Gasteiger partial charge in [-0.1, -0.05) is 0 Å². The van der Waals surface area contributed by atoms with Crippen molar-refractivity contribution in [2.24, 2.45) is 0 Å². The van der Waals surface area contributed by atoms with Crippen molar-refractivity contribution in [1.82, 2.24) is 15.1 Å². The zero-order valence-corrected chi connectivity index (χ0v) is 15.0. The van der Waals surface area contributed by atoms with E-state index in [1.165, 1.54) is 17.7 Å². The van der Waals surface area contributed by atoms with Crippen molar-refractivity contribution >= 4 is 5.69 Å². The van der Waals surface area contributed by atoms with Crippen LogP contribution in [0.2, 0.25) is 0 Å². The van der Waals surface area contributed by atoms with E-state index in [-0.39, 0.29) is 12.4 Å². The number of aryl methyl sites for hydroxylation is 1. The summed E-state index contributed by atoms with van der Waals surface area (Å²) < 4.78 is 14.9. The van der Waals surface area contributed by atoms with Crippen LogP contribution in [0.4, 0.5) is 10.1 Å². The number of hydrogen-bond donors (Lipinski definition) is 2. The quantitative estimate of drug-likeness (QED) is 0.843. The van der Waals surface area contributed by atoms with Gasteiger partial charge in [-0.15, -0.1) is 0 Å². The first-order valence-electron chi connectivity index (χ1n) is 8.96. The number of hydrogen-bond acceptors (Lipinski definition) is 4. The summed E-state index contributed by atoms with van der Waals surface area (Å²) in [6.07, 6.45) is 2.14. The van der Waals surface area contributed by atoms with Crippen LogP contribution in [0.3, 0.4) is 0 Å². The number of aromatic nitrogens is 2. The lowest BCUT2D eigenvalue weighted by Crippen LogP contribution is -2.42. The minimum absolute atomic E-state index is 0.108. The molecule has 2 N–H and O–H groups in total. The SMILES string of the molecule is Cc1nn(CCO)c(C)c1CNC1CCN(c2ccc(F)cc2)CC1. The van der Waals surface area contributed by atoms with Crippen molar-refractivity contribution in [1.29, 1.82) is 0 Å². The first kappa shape index (κ1) is 17.9. The van der Waals surface area contributed by atoms with Crippen molar-refractivity contribution < 1.29 is 9.50 Å². The molecule has 25 heavy (non-hydrogen) atoms. The molecule has 136 valence electrons. The summed E-state index contributed by atoms with van der Waals surface area (Å²) in [7, 11) is 0. The van der Waals surface area contributed by atoms with Crippen molar-refractivity contribution in [3.05, 3.63) is 47.0 Å². The van der Waals surface area contributed by atoms with E-state index in [0.717, 1.165) is 49.6 Å². The molecule has 0 aliphatic carbocycles. The van der Waals surface area contributed by atoms with Crippen LogP contribution in [-0.4, -0.2) is 40.6 Å². The number of benzene rings is 1. The molecule has 1 aliphatic heterocycles. The monoisotopic (exact) mass is 346 g/mol. The molecule has 1 aromatic carbocycles. The standard InChI is InChI=1S/C19H27FN4O/c1-14-19(15(2)24(22-14)11-12-25)13-21-17-7-9-23(10-8-17)18-5-3-16(20)4-6-18/h3-6,17,21,25H,7-13H2,1-2H3. The zero-order chi connectivity index (χ0) is 17.8. The van der Waals surface area contributed by atoms with Gasteiger partial charge in [0.2, 0.25) is 0 Å². The Balaban J connectivity index is 1.52. The maximum absolute atomic E-state index is 13.0. The topological polar surface area (TPSA) is 53.3 Å². The van der Waals surface area contributed by atoms with E-state index >= 15 is 0 Å². The third-order valence-electron chi connectivity index (χ3n) is 5.10. The van der Waals surface area contributed by atoms with Crippen LogP contribution in [0.25, 0.3) is 0 Å². The summed E-state index contributed by atoms with van der Waals surface area (Å²) in [5.74, 6) is -0.187. The van der Waals surface area contributed by atoms with E-state index < -0.39 is 0 Å². The van der Waals surface area contributed by atoms with E-state index in [0.29, 0.717) is 12.6 Å². The Kier molecular flexibility index (Phi) is 5.71. The van der Waals surface area contributed by atoms with Gasteiger partial charge in [-0.2, -0.15) is 5.10 Å². The summed E-state index contributed by atoms with van der Waals surface area (Å²) in [4.78, 5) is 2.31. The maximum Gasteiger partial charge on any atom is 0.123 e. The Morgan fingerprint density at radius 2 is 1.88 bits per heavy atom. The molecule has 0 bridgehead atoms. The highest BCUT2D eigenvalue weighted by Crippen LogP contribution is 2.21. The fraction of sp³-hybridized carbons (Fsp3) is 0.526. The highest BCUT2D eigenvalue weighted by Gasteiger charge is 2.20. The smallest absolute Gasteiger partial charge is 0.123 e. The minimum atomic E-state index is -0.187. The van der Waals surface area contributed by atoms with Gasteiger partial charge >= 0.3 is 0 Å². The fourth-order valence-electron chi connectivity index (χ4n) is 3.54. The first-order chi connectivity index (χ1) is 12.1. The van der Waals surface area contributed by atoms with Gasteiger partial charge in [0.05, 0.1) is 18.8 Å². The van der Waals surface area contributed by atoms with Crippen LogP contribution in [0, 0.1) is 19.7 Å². The second-order valence-corrected chi connectivity index (χ2v) is 6.71. The lowest BCUT2D eigenvalue weighted by molar-refractivity contribution is 0.267. The molecule has 1 aromatic heterocycles. The van der Waals surface area contributed by atoms with E-state index in [9.17, 15) is 4.39 Å². The molecule has 1 aliphatic rings. The summed E-state index contributed by atoms with van der Waals surface area (Å²) in [6.45, 7) is 7.50. The van der Waals surface area contributed by atoms with Crippen molar-refractivity contribution in [3.8, 4) is 0 Å². The average Bonchev–Trinajstić information content (AvgIpc) is 2.88. The molecular formula is C19H27FN4O. The van der Waals surface area contributed by atoms with Crippen LogP contribution in [-0.2, 0) is 13.1 Å². The van der Waals surface area contributed by atoms with Crippen LogP contribution >= 0.6 is 0 Å². The van der Waals surface area contributed by atoms with Gasteiger partial charge in [-0.3, -0.25) is 4.68 Å². The summed E-state index contributed by atoms with van der Waals surface area (Å²) in [5.41, 5.74) is 4.48. The number of aliphatic hydroxyl groups is 1. The highest BCUT2D eigenvalue weighted by molar-refractivity contribution is 5.46. The molecule has 0 saturated carbocycles. The van der Waals surface area contributed by atoms with Crippen molar-refractivity contribution in [2.75, 3.05) is 24.6 Å². The molecule has 2 aromatic rings. The van der Waals surface area contributed by atoms with E-state index in [4.69, 9.17) is 5.11 Å².